The summed E-state index contributed by atoms with van der Waals surface area (Å²) in [4.78, 5) is 2.40. The zero-order valence-electron chi connectivity index (χ0n) is 11.8. The average molecular weight is 240 g/mol. The van der Waals surface area contributed by atoms with Crippen molar-refractivity contribution < 1.29 is 4.74 Å². The third-order valence-corrected chi connectivity index (χ3v) is 4.29. The largest absolute Gasteiger partial charge is 0.371 e. The van der Waals surface area contributed by atoms with E-state index in [9.17, 15) is 0 Å². The summed E-state index contributed by atoms with van der Waals surface area (Å²) in [6.45, 7) is 11.2. The standard InChI is InChI=1S/C14H28N2O/c1-11(2)9-12(3)13-14(17-8-6-15-13)5-7-16(4)10-14/h11-13,15H,5-10H2,1-4H3. The molecule has 1 N–H and O–H groups in total. The molecule has 2 fully saturated rings. The first-order chi connectivity index (χ1) is 8.03. The Morgan fingerprint density at radius 1 is 1.41 bits per heavy atom. The lowest BCUT2D eigenvalue weighted by Gasteiger charge is -2.45. The first kappa shape index (κ1) is 13.3. The van der Waals surface area contributed by atoms with Crippen molar-refractivity contribution in [3.63, 3.8) is 0 Å². The van der Waals surface area contributed by atoms with Gasteiger partial charge in [0.05, 0.1) is 12.2 Å². The van der Waals surface area contributed by atoms with E-state index in [2.05, 4.69) is 38.0 Å². The van der Waals surface area contributed by atoms with Crippen LogP contribution in [0.2, 0.25) is 0 Å². The van der Waals surface area contributed by atoms with Gasteiger partial charge in [-0.15, -0.1) is 0 Å². The second-order valence-electron chi connectivity index (χ2n) is 6.44. The van der Waals surface area contributed by atoms with E-state index in [0.29, 0.717) is 12.0 Å². The van der Waals surface area contributed by atoms with Crippen LogP contribution in [0.15, 0.2) is 0 Å². The molecule has 2 aliphatic rings. The predicted molar refractivity (Wildman–Crippen MR) is 71.2 cm³/mol. The second-order valence-corrected chi connectivity index (χ2v) is 6.44. The number of likely N-dealkylation sites (N-methyl/N-ethyl adjacent to an activating group) is 1. The molecule has 0 radical (unpaired) electrons. The Balaban J connectivity index is 2.06. The lowest BCUT2D eigenvalue weighted by atomic mass is 9.80. The van der Waals surface area contributed by atoms with Gasteiger partial charge in [0.2, 0.25) is 0 Å². The Hall–Kier alpha value is -0.120. The van der Waals surface area contributed by atoms with Gasteiger partial charge in [0.15, 0.2) is 0 Å². The van der Waals surface area contributed by atoms with Crippen LogP contribution in [-0.4, -0.2) is 49.8 Å². The van der Waals surface area contributed by atoms with Crippen molar-refractivity contribution in [3.8, 4) is 0 Å². The third kappa shape index (κ3) is 2.83. The molecule has 0 amide bonds. The minimum atomic E-state index is 0.0846. The molecule has 3 nitrogen and oxygen atoms in total. The molecular formula is C14H28N2O. The number of likely N-dealkylation sites (tertiary alicyclic amines) is 1. The molecule has 2 saturated heterocycles. The highest BCUT2D eigenvalue weighted by Gasteiger charge is 2.48. The lowest BCUT2D eigenvalue weighted by Crippen LogP contribution is -2.61. The molecule has 0 aliphatic carbocycles. The van der Waals surface area contributed by atoms with Crippen LogP contribution in [-0.2, 0) is 4.74 Å². The summed E-state index contributed by atoms with van der Waals surface area (Å²) in [5, 5.41) is 3.73. The van der Waals surface area contributed by atoms with E-state index in [1.165, 1.54) is 19.4 Å². The number of hydrogen-bond donors (Lipinski definition) is 1. The summed E-state index contributed by atoms with van der Waals surface area (Å²) >= 11 is 0. The summed E-state index contributed by atoms with van der Waals surface area (Å²) in [7, 11) is 2.21. The fourth-order valence-corrected chi connectivity index (χ4v) is 3.71. The highest BCUT2D eigenvalue weighted by atomic mass is 16.5. The summed E-state index contributed by atoms with van der Waals surface area (Å²) < 4.78 is 6.21. The Labute approximate surface area is 106 Å². The van der Waals surface area contributed by atoms with Crippen LogP contribution in [0.4, 0.5) is 0 Å². The van der Waals surface area contributed by atoms with Crippen molar-refractivity contribution in [2.24, 2.45) is 11.8 Å². The second kappa shape index (κ2) is 5.25. The zero-order chi connectivity index (χ0) is 12.5. The average Bonchev–Trinajstić information content (AvgIpc) is 2.60. The lowest BCUT2D eigenvalue weighted by molar-refractivity contribution is -0.101. The van der Waals surface area contributed by atoms with Crippen LogP contribution in [0.3, 0.4) is 0 Å². The summed E-state index contributed by atoms with van der Waals surface area (Å²) in [6, 6.07) is 0.531. The molecule has 3 heteroatoms. The van der Waals surface area contributed by atoms with Crippen LogP contribution in [0.25, 0.3) is 0 Å². The number of rotatable bonds is 3. The number of hydrogen-bond acceptors (Lipinski definition) is 3. The van der Waals surface area contributed by atoms with E-state index < -0.39 is 0 Å². The topological polar surface area (TPSA) is 24.5 Å². The zero-order valence-corrected chi connectivity index (χ0v) is 11.8. The van der Waals surface area contributed by atoms with Gasteiger partial charge in [0.25, 0.3) is 0 Å². The molecule has 2 rings (SSSR count). The Bertz CT molecular complexity index is 253. The van der Waals surface area contributed by atoms with Gasteiger partial charge in [-0.25, -0.2) is 0 Å². The van der Waals surface area contributed by atoms with Gasteiger partial charge in [0.1, 0.15) is 0 Å². The highest BCUT2D eigenvalue weighted by molar-refractivity contribution is 5.03. The van der Waals surface area contributed by atoms with Crippen LogP contribution >= 0.6 is 0 Å². The summed E-state index contributed by atoms with van der Waals surface area (Å²) in [6.07, 6.45) is 2.47. The molecule has 2 heterocycles. The maximum absolute atomic E-state index is 6.21. The molecule has 17 heavy (non-hydrogen) atoms. The maximum Gasteiger partial charge on any atom is 0.0975 e. The normalized spacial score (nSPS) is 36.9. The van der Waals surface area contributed by atoms with Crippen LogP contribution in [0.1, 0.15) is 33.6 Å². The smallest absolute Gasteiger partial charge is 0.0975 e. The first-order valence-electron chi connectivity index (χ1n) is 7.09. The quantitative estimate of drug-likeness (QED) is 0.813. The Morgan fingerprint density at radius 3 is 2.76 bits per heavy atom. The number of ether oxygens (including phenoxy) is 1. The van der Waals surface area contributed by atoms with Gasteiger partial charge < -0.3 is 15.0 Å². The number of nitrogens with zero attached hydrogens (tertiary/aromatic N) is 1. The predicted octanol–water partition coefficient (Wildman–Crippen LogP) is 1.73. The number of morpholine rings is 1. The SMILES string of the molecule is CC(C)CC(C)C1NCCOC12CCN(C)C2. The van der Waals surface area contributed by atoms with Crippen LogP contribution < -0.4 is 5.32 Å². The van der Waals surface area contributed by atoms with Crippen molar-refractivity contribution in [3.05, 3.63) is 0 Å². The molecule has 0 aromatic carbocycles. The van der Waals surface area contributed by atoms with Crippen molar-refractivity contribution in [2.75, 3.05) is 33.3 Å². The molecule has 100 valence electrons. The van der Waals surface area contributed by atoms with Gasteiger partial charge in [0, 0.05) is 25.7 Å². The molecule has 0 aromatic heterocycles. The van der Waals surface area contributed by atoms with Gasteiger partial charge in [-0.1, -0.05) is 20.8 Å². The minimum Gasteiger partial charge on any atom is -0.371 e. The molecule has 0 bridgehead atoms. The van der Waals surface area contributed by atoms with E-state index in [1.807, 2.05) is 0 Å². The van der Waals surface area contributed by atoms with E-state index >= 15 is 0 Å². The van der Waals surface area contributed by atoms with Gasteiger partial charge in [-0.2, -0.15) is 0 Å². The Kier molecular flexibility index (Phi) is 4.11. The van der Waals surface area contributed by atoms with Crippen molar-refractivity contribution in [1.82, 2.24) is 10.2 Å². The van der Waals surface area contributed by atoms with Crippen molar-refractivity contribution >= 4 is 0 Å². The summed E-state index contributed by atoms with van der Waals surface area (Å²) in [5.74, 6) is 1.46. The van der Waals surface area contributed by atoms with E-state index in [4.69, 9.17) is 4.74 Å². The summed E-state index contributed by atoms with van der Waals surface area (Å²) in [5.41, 5.74) is 0.0846. The highest BCUT2D eigenvalue weighted by Crippen LogP contribution is 2.35. The molecule has 0 saturated carbocycles. The molecule has 0 aromatic rings. The van der Waals surface area contributed by atoms with Gasteiger partial charge in [-0.05, 0) is 31.7 Å². The molecule has 2 aliphatic heterocycles. The number of nitrogens with one attached hydrogen (secondary N) is 1. The molecular weight excluding hydrogens is 212 g/mol. The van der Waals surface area contributed by atoms with E-state index in [-0.39, 0.29) is 5.60 Å². The fourth-order valence-electron chi connectivity index (χ4n) is 3.71. The van der Waals surface area contributed by atoms with Crippen LogP contribution in [0, 0.1) is 11.8 Å². The van der Waals surface area contributed by atoms with E-state index in [0.717, 1.165) is 25.6 Å². The Morgan fingerprint density at radius 2 is 2.18 bits per heavy atom. The fraction of sp³-hybridized carbons (Fsp3) is 1.00. The maximum atomic E-state index is 6.21. The van der Waals surface area contributed by atoms with Crippen molar-refractivity contribution in [1.29, 1.82) is 0 Å². The first-order valence-corrected chi connectivity index (χ1v) is 7.09. The third-order valence-electron chi connectivity index (χ3n) is 4.29. The monoisotopic (exact) mass is 240 g/mol. The van der Waals surface area contributed by atoms with Gasteiger partial charge >= 0.3 is 0 Å². The molecule has 3 unspecified atom stereocenters. The van der Waals surface area contributed by atoms with Crippen LogP contribution in [0.5, 0.6) is 0 Å². The van der Waals surface area contributed by atoms with Gasteiger partial charge in [-0.3, -0.25) is 0 Å². The van der Waals surface area contributed by atoms with E-state index in [1.54, 1.807) is 0 Å². The minimum absolute atomic E-state index is 0.0846. The van der Waals surface area contributed by atoms with Crippen molar-refractivity contribution in [2.45, 2.75) is 45.3 Å². The molecule has 3 atom stereocenters. The molecule has 1 spiro atoms.